The lowest BCUT2D eigenvalue weighted by atomic mass is 10.1. The van der Waals surface area contributed by atoms with Crippen molar-refractivity contribution in [1.29, 1.82) is 0 Å². The van der Waals surface area contributed by atoms with Crippen molar-refractivity contribution >= 4 is 46.0 Å². The van der Waals surface area contributed by atoms with Crippen LogP contribution >= 0.6 is 22.9 Å². The summed E-state index contributed by atoms with van der Waals surface area (Å²) in [6.45, 7) is 1.68. The van der Waals surface area contributed by atoms with Crippen LogP contribution in [-0.4, -0.2) is 21.9 Å². The third kappa shape index (κ3) is 2.54. The van der Waals surface area contributed by atoms with E-state index in [0.29, 0.717) is 37.7 Å². The molecule has 2 aromatic heterocycles. The zero-order chi connectivity index (χ0) is 16.7. The van der Waals surface area contributed by atoms with E-state index in [1.54, 1.807) is 19.1 Å². The van der Waals surface area contributed by atoms with Gasteiger partial charge in [0, 0.05) is 23.6 Å². The van der Waals surface area contributed by atoms with Crippen molar-refractivity contribution in [2.24, 2.45) is 0 Å². The quantitative estimate of drug-likeness (QED) is 0.727. The van der Waals surface area contributed by atoms with Crippen LogP contribution in [0.25, 0.3) is 10.9 Å². The van der Waals surface area contributed by atoms with Gasteiger partial charge in [-0.25, -0.2) is 4.39 Å². The second-order valence-corrected chi connectivity index (χ2v) is 6.71. The number of aldehydes is 1. The van der Waals surface area contributed by atoms with Crippen molar-refractivity contribution in [1.82, 2.24) is 4.57 Å². The van der Waals surface area contributed by atoms with Gasteiger partial charge in [0.15, 0.2) is 11.6 Å². The third-order valence-electron chi connectivity index (χ3n) is 3.68. The molecule has 0 aliphatic rings. The van der Waals surface area contributed by atoms with Crippen molar-refractivity contribution in [2.75, 3.05) is 0 Å². The highest BCUT2D eigenvalue weighted by molar-refractivity contribution is 7.18. The Morgan fingerprint density at radius 3 is 2.78 bits per heavy atom. The molecule has 0 saturated heterocycles. The SMILES string of the molecule is Cc1c(CC=O)c2cc(O)c(F)cc2n1C(=O)c1ccc(Cl)s1. The van der Waals surface area contributed by atoms with Crippen LogP contribution < -0.4 is 0 Å². The minimum Gasteiger partial charge on any atom is -0.505 e. The molecule has 1 N–H and O–H groups in total. The van der Waals surface area contributed by atoms with E-state index in [4.69, 9.17) is 11.6 Å². The maximum absolute atomic E-state index is 13.8. The molecule has 23 heavy (non-hydrogen) atoms. The fraction of sp³-hybridized carbons (Fsp3) is 0.125. The first-order valence-electron chi connectivity index (χ1n) is 6.70. The molecule has 0 amide bonds. The second-order valence-electron chi connectivity index (χ2n) is 5.00. The maximum atomic E-state index is 13.8. The van der Waals surface area contributed by atoms with Gasteiger partial charge in [0.25, 0.3) is 5.91 Å². The normalized spacial score (nSPS) is 11.1. The van der Waals surface area contributed by atoms with Gasteiger partial charge in [0.1, 0.15) is 6.29 Å². The van der Waals surface area contributed by atoms with E-state index in [0.717, 1.165) is 17.4 Å². The highest BCUT2D eigenvalue weighted by atomic mass is 35.5. The number of phenolic OH excluding ortho intramolecular Hbond substituents is 1. The Morgan fingerprint density at radius 2 is 2.17 bits per heavy atom. The minimum absolute atomic E-state index is 0.0683. The van der Waals surface area contributed by atoms with Gasteiger partial charge in [-0.2, -0.15) is 0 Å². The topological polar surface area (TPSA) is 59.3 Å². The highest BCUT2D eigenvalue weighted by Gasteiger charge is 2.22. The Balaban J connectivity index is 2.31. The zero-order valence-electron chi connectivity index (χ0n) is 12.0. The lowest BCUT2D eigenvalue weighted by molar-refractivity contribution is -0.107. The number of aromatic hydroxyl groups is 1. The predicted molar refractivity (Wildman–Crippen MR) is 87.1 cm³/mol. The van der Waals surface area contributed by atoms with E-state index >= 15 is 0 Å². The van der Waals surface area contributed by atoms with Gasteiger partial charge in [-0.15, -0.1) is 11.3 Å². The van der Waals surface area contributed by atoms with Crippen LogP contribution in [0, 0.1) is 12.7 Å². The molecule has 0 bridgehead atoms. The molecular weight excluding hydrogens is 341 g/mol. The summed E-state index contributed by atoms with van der Waals surface area (Å²) in [5.41, 5.74) is 1.43. The first-order chi connectivity index (χ1) is 10.9. The van der Waals surface area contributed by atoms with Gasteiger partial charge in [-0.1, -0.05) is 11.6 Å². The molecule has 2 heterocycles. The third-order valence-corrected chi connectivity index (χ3v) is 4.90. The molecule has 0 aliphatic heterocycles. The van der Waals surface area contributed by atoms with Crippen molar-refractivity contribution in [2.45, 2.75) is 13.3 Å². The number of aromatic nitrogens is 1. The Morgan fingerprint density at radius 1 is 1.43 bits per heavy atom. The summed E-state index contributed by atoms with van der Waals surface area (Å²) in [4.78, 5) is 24.1. The zero-order valence-corrected chi connectivity index (χ0v) is 13.5. The van der Waals surface area contributed by atoms with Crippen molar-refractivity contribution < 1.29 is 19.1 Å². The van der Waals surface area contributed by atoms with E-state index in [1.807, 2.05) is 0 Å². The van der Waals surface area contributed by atoms with Gasteiger partial charge in [-0.05, 0) is 30.7 Å². The van der Waals surface area contributed by atoms with E-state index in [2.05, 4.69) is 0 Å². The van der Waals surface area contributed by atoms with Gasteiger partial charge < -0.3 is 9.90 Å². The number of thiophene rings is 1. The fourth-order valence-electron chi connectivity index (χ4n) is 2.63. The van der Waals surface area contributed by atoms with Crippen LogP contribution in [0.15, 0.2) is 24.3 Å². The molecule has 0 fully saturated rings. The van der Waals surface area contributed by atoms with Crippen LogP contribution in [0.1, 0.15) is 20.9 Å². The first kappa shape index (κ1) is 15.7. The molecule has 3 rings (SSSR count). The van der Waals surface area contributed by atoms with E-state index in [9.17, 15) is 19.1 Å². The summed E-state index contributed by atoms with van der Waals surface area (Å²) in [6.07, 6.45) is 0.776. The number of hydrogen-bond acceptors (Lipinski definition) is 4. The average Bonchev–Trinajstić information content (AvgIpc) is 3.04. The number of carbonyl (C=O) groups excluding carboxylic acids is 2. The van der Waals surface area contributed by atoms with Crippen LogP contribution in [0.5, 0.6) is 5.75 Å². The second kappa shape index (κ2) is 5.79. The Kier molecular flexibility index (Phi) is 3.95. The highest BCUT2D eigenvalue weighted by Crippen LogP contribution is 2.33. The van der Waals surface area contributed by atoms with E-state index in [-0.39, 0.29) is 12.3 Å². The number of fused-ring (bicyclic) bond motifs is 1. The minimum atomic E-state index is -0.828. The van der Waals surface area contributed by atoms with Gasteiger partial charge in [0.2, 0.25) is 0 Å². The summed E-state index contributed by atoms with van der Waals surface area (Å²) >= 11 is 6.99. The van der Waals surface area contributed by atoms with Gasteiger partial charge in [0.05, 0.1) is 14.7 Å². The molecule has 0 atom stereocenters. The van der Waals surface area contributed by atoms with E-state index in [1.165, 1.54) is 10.6 Å². The molecule has 0 saturated carbocycles. The number of benzene rings is 1. The van der Waals surface area contributed by atoms with Crippen LogP contribution in [-0.2, 0) is 11.2 Å². The molecule has 0 aliphatic carbocycles. The lowest BCUT2D eigenvalue weighted by Crippen LogP contribution is -2.12. The molecule has 7 heteroatoms. The Hall–Kier alpha value is -2.18. The number of hydrogen-bond donors (Lipinski definition) is 1. The van der Waals surface area contributed by atoms with Crippen LogP contribution in [0.2, 0.25) is 4.34 Å². The van der Waals surface area contributed by atoms with Gasteiger partial charge in [-0.3, -0.25) is 9.36 Å². The molecule has 0 radical (unpaired) electrons. The largest absolute Gasteiger partial charge is 0.505 e. The number of nitrogens with zero attached hydrogens (tertiary/aromatic N) is 1. The molecule has 0 spiro atoms. The summed E-state index contributed by atoms with van der Waals surface area (Å²) in [5.74, 6) is -1.70. The van der Waals surface area contributed by atoms with Crippen molar-refractivity contribution in [3.63, 3.8) is 0 Å². The number of carbonyl (C=O) groups is 2. The van der Waals surface area contributed by atoms with Crippen LogP contribution in [0.4, 0.5) is 4.39 Å². The number of halogens is 2. The van der Waals surface area contributed by atoms with Gasteiger partial charge >= 0.3 is 0 Å². The van der Waals surface area contributed by atoms with E-state index < -0.39 is 11.6 Å². The summed E-state index contributed by atoms with van der Waals surface area (Å²) in [6, 6.07) is 5.54. The standard InChI is InChI=1S/C16H11ClFNO3S/c1-8-9(4-5-20)10-6-13(21)11(18)7-12(10)19(8)16(22)14-2-3-15(17)23-14/h2-3,5-7,21H,4H2,1H3. The predicted octanol–water partition coefficient (Wildman–Crippen LogP) is 3.94. The lowest BCUT2D eigenvalue weighted by Gasteiger charge is -2.05. The molecule has 0 unspecified atom stereocenters. The average molecular weight is 352 g/mol. The number of rotatable bonds is 3. The Bertz CT molecular complexity index is 945. The molecular formula is C16H11ClFNO3S. The van der Waals surface area contributed by atoms with Crippen molar-refractivity contribution in [3.8, 4) is 5.75 Å². The fourth-order valence-corrected chi connectivity index (χ4v) is 3.60. The first-order valence-corrected chi connectivity index (χ1v) is 7.89. The monoisotopic (exact) mass is 351 g/mol. The Labute approximate surface area is 139 Å². The molecule has 1 aromatic carbocycles. The molecule has 3 aromatic rings. The smallest absolute Gasteiger partial charge is 0.272 e. The number of phenols is 1. The summed E-state index contributed by atoms with van der Waals surface area (Å²) in [7, 11) is 0. The molecule has 4 nitrogen and oxygen atoms in total. The summed E-state index contributed by atoms with van der Waals surface area (Å²) in [5, 5.41) is 10.1. The van der Waals surface area contributed by atoms with Crippen LogP contribution in [0.3, 0.4) is 0 Å². The maximum Gasteiger partial charge on any atom is 0.272 e. The molecule has 118 valence electrons. The summed E-state index contributed by atoms with van der Waals surface area (Å²) < 4.78 is 15.6. The van der Waals surface area contributed by atoms with Crippen molar-refractivity contribution in [3.05, 3.63) is 50.6 Å².